The Bertz CT molecular complexity index is 962. The van der Waals surface area contributed by atoms with E-state index < -0.39 is 0 Å². The highest BCUT2D eigenvalue weighted by atomic mass is 16.1. The van der Waals surface area contributed by atoms with Gasteiger partial charge in [-0.2, -0.15) is 0 Å². The van der Waals surface area contributed by atoms with Crippen molar-refractivity contribution in [3.63, 3.8) is 0 Å². The molecule has 1 aliphatic heterocycles. The summed E-state index contributed by atoms with van der Waals surface area (Å²) in [5, 5.41) is 0. The molecule has 1 saturated heterocycles. The van der Waals surface area contributed by atoms with E-state index in [1.807, 2.05) is 36.4 Å². The molecule has 1 atom stereocenters. The molecule has 2 heteroatoms. The van der Waals surface area contributed by atoms with Crippen LogP contribution in [0, 0.1) is 0 Å². The van der Waals surface area contributed by atoms with Crippen LogP contribution in [0.1, 0.15) is 52.4 Å². The molecule has 0 radical (unpaired) electrons. The number of hydrogen-bond donors (Lipinski definition) is 0. The predicted octanol–water partition coefficient (Wildman–Crippen LogP) is 6.31. The Morgan fingerprint density at radius 2 is 1.55 bits per heavy atom. The number of hydrogen-bond acceptors (Lipinski definition) is 2. The zero-order chi connectivity index (χ0) is 19.9. The van der Waals surface area contributed by atoms with Crippen molar-refractivity contribution in [3.8, 4) is 0 Å². The predicted molar refractivity (Wildman–Crippen MR) is 120 cm³/mol. The lowest BCUT2D eigenvalue weighted by Gasteiger charge is -2.37. The van der Waals surface area contributed by atoms with E-state index in [0.717, 1.165) is 30.6 Å². The normalized spacial score (nSPS) is 17.4. The third-order valence-corrected chi connectivity index (χ3v) is 5.67. The first kappa shape index (κ1) is 19.4. The highest BCUT2D eigenvalue weighted by Crippen LogP contribution is 2.34. The van der Waals surface area contributed by atoms with Crippen LogP contribution in [0.15, 0.2) is 91.0 Å². The summed E-state index contributed by atoms with van der Waals surface area (Å²) in [6, 6.07) is 29.1. The standard InChI is InChI=1S/C27H27NO/c29-27(24-14-5-2-6-15-24)19-18-23-13-7-8-16-25(23)26-17-9-10-20-28(26)21-22-11-3-1-4-12-22/h1-8,11-16,18-19,26H,9-10,17,20-21H2. The molecule has 0 aromatic heterocycles. The molecule has 4 rings (SSSR count). The summed E-state index contributed by atoms with van der Waals surface area (Å²) in [5.41, 5.74) is 4.54. The maximum atomic E-state index is 12.5. The first-order valence-electron chi connectivity index (χ1n) is 10.5. The number of carbonyl (C=O) groups is 1. The molecular weight excluding hydrogens is 354 g/mol. The Hall–Kier alpha value is -2.97. The van der Waals surface area contributed by atoms with Crippen LogP contribution in [-0.4, -0.2) is 17.2 Å². The van der Waals surface area contributed by atoms with Gasteiger partial charge in [0.25, 0.3) is 0 Å². The van der Waals surface area contributed by atoms with Crippen LogP contribution in [0.3, 0.4) is 0 Å². The van der Waals surface area contributed by atoms with Gasteiger partial charge in [-0.05, 0) is 42.2 Å². The Labute approximate surface area is 173 Å². The molecule has 3 aromatic carbocycles. The molecule has 0 amide bonds. The molecule has 1 aliphatic rings. The first-order chi connectivity index (χ1) is 14.3. The van der Waals surface area contributed by atoms with E-state index in [1.54, 1.807) is 6.08 Å². The highest BCUT2D eigenvalue weighted by Gasteiger charge is 2.25. The Balaban J connectivity index is 1.57. The Morgan fingerprint density at radius 3 is 2.34 bits per heavy atom. The number of benzene rings is 3. The van der Waals surface area contributed by atoms with Gasteiger partial charge in [-0.15, -0.1) is 0 Å². The van der Waals surface area contributed by atoms with Crippen LogP contribution >= 0.6 is 0 Å². The molecule has 29 heavy (non-hydrogen) atoms. The summed E-state index contributed by atoms with van der Waals surface area (Å²) in [7, 11) is 0. The Kier molecular flexibility index (Phi) is 6.33. The van der Waals surface area contributed by atoms with Crippen molar-refractivity contribution in [1.29, 1.82) is 0 Å². The van der Waals surface area contributed by atoms with Gasteiger partial charge in [-0.3, -0.25) is 9.69 Å². The average Bonchev–Trinajstić information content (AvgIpc) is 2.79. The molecular formula is C27H27NO. The van der Waals surface area contributed by atoms with Gasteiger partial charge < -0.3 is 0 Å². The zero-order valence-electron chi connectivity index (χ0n) is 16.7. The van der Waals surface area contributed by atoms with Crippen LogP contribution in [-0.2, 0) is 6.54 Å². The van der Waals surface area contributed by atoms with Crippen molar-refractivity contribution in [2.24, 2.45) is 0 Å². The minimum atomic E-state index is 0.0465. The van der Waals surface area contributed by atoms with Crippen LogP contribution in [0.4, 0.5) is 0 Å². The molecule has 146 valence electrons. The summed E-state index contributed by atoms with van der Waals surface area (Å²) in [5.74, 6) is 0.0465. The maximum absolute atomic E-state index is 12.5. The maximum Gasteiger partial charge on any atom is 0.185 e. The summed E-state index contributed by atoms with van der Waals surface area (Å²) >= 11 is 0. The summed E-state index contributed by atoms with van der Waals surface area (Å²) in [6.45, 7) is 2.08. The fraction of sp³-hybridized carbons (Fsp3) is 0.222. The number of nitrogens with zero attached hydrogens (tertiary/aromatic N) is 1. The number of carbonyl (C=O) groups excluding carboxylic acids is 1. The van der Waals surface area contributed by atoms with Crippen LogP contribution in [0.25, 0.3) is 6.08 Å². The third kappa shape index (κ3) is 4.90. The van der Waals surface area contributed by atoms with Crippen molar-refractivity contribution in [1.82, 2.24) is 4.90 Å². The van der Waals surface area contributed by atoms with Gasteiger partial charge in [-0.25, -0.2) is 0 Å². The number of allylic oxidation sites excluding steroid dienone is 1. The fourth-order valence-electron chi connectivity index (χ4n) is 4.18. The smallest absolute Gasteiger partial charge is 0.185 e. The number of ketones is 1. The molecule has 1 unspecified atom stereocenters. The minimum Gasteiger partial charge on any atom is -0.292 e. The van der Waals surface area contributed by atoms with E-state index in [4.69, 9.17) is 0 Å². The number of piperidine rings is 1. The lowest BCUT2D eigenvalue weighted by molar-refractivity contribution is 0.104. The molecule has 0 bridgehead atoms. The molecule has 2 nitrogen and oxygen atoms in total. The van der Waals surface area contributed by atoms with Gasteiger partial charge in [-0.1, -0.05) is 97.4 Å². The van der Waals surface area contributed by atoms with E-state index in [1.165, 1.54) is 24.0 Å². The van der Waals surface area contributed by atoms with E-state index >= 15 is 0 Å². The van der Waals surface area contributed by atoms with E-state index in [2.05, 4.69) is 59.5 Å². The Morgan fingerprint density at radius 1 is 0.862 bits per heavy atom. The zero-order valence-corrected chi connectivity index (χ0v) is 16.7. The van der Waals surface area contributed by atoms with Crippen LogP contribution < -0.4 is 0 Å². The van der Waals surface area contributed by atoms with E-state index in [0.29, 0.717) is 6.04 Å². The monoisotopic (exact) mass is 381 g/mol. The molecule has 1 heterocycles. The van der Waals surface area contributed by atoms with Gasteiger partial charge in [0.05, 0.1) is 0 Å². The number of likely N-dealkylation sites (tertiary alicyclic amines) is 1. The largest absolute Gasteiger partial charge is 0.292 e. The van der Waals surface area contributed by atoms with Gasteiger partial charge in [0.1, 0.15) is 0 Å². The quantitative estimate of drug-likeness (QED) is 0.368. The summed E-state index contributed by atoms with van der Waals surface area (Å²) < 4.78 is 0. The highest BCUT2D eigenvalue weighted by molar-refractivity contribution is 6.06. The second kappa shape index (κ2) is 9.49. The van der Waals surface area contributed by atoms with Crippen molar-refractivity contribution >= 4 is 11.9 Å². The molecule has 0 spiro atoms. The SMILES string of the molecule is O=C(C=Cc1ccccc1C1CCCCN1Cc1ccccc1)c1ccccc1. The summed E-state index contributed by atoms with van der Waals surface area (Å²) in [6.07, 6.45) is 7.34. The lowest BCUT2D eigenvalue weighted by Crippen LogP contribution is -2.33. The molecule has 0 saturated carbocycles. The van der Waals surface area contributed by atoms with Crippen molar-refractivity contribution in [2.75, 3.05) is 6.54 Å². The van der Waals surface area contributed by atoms with Crippen molar-refractivity contribution < 1.29 is 4.79 Å². The molecule has 3 aromatic rings. The molecule has 0 N–H and O–H groups in total. The van der Waals surface area contributed by atoms with Gasteiger partial charge in [0.2, 0.25) is 0 Å². The van der Waals surface area contributed by atoms with Gasteiger partial charge in [0.15, 0.2) is 5.78 Å². The molecule has 0 aliphatic carbocycles. The van der Waals surface area contributed by atoms with Crippen molar-refractivity contribution in [3.05, 3.63) is 113 Å². The van der Waals surface area contributed by atoms with E-state index in [9.17, 15) is 4.79 Å². The topological polar surface area (TPSA) is 20.3 Å². The first-order valence-corrected chi connectivity index (χ1v) is 10.5. The summed E-state index contributed by atoms with van der Waals surface area (Å²) in [4.78, 5) is 15.1. The van der Waals surface area contributed by atoms with Gasteiger partial charge in [0, 0.05) is 18.2 Å². The minimum absolute atomic E-state index is 0.0465. The van der Waals surface area contributed by atoms with Gasteiger partial charge >= 0.3 is 0 Å². The van der Waals surface area contributed by atoms with Crippen LogP contribution in [0.2, 0.25) is 0 Å². The van der Waals surface area contributed by atoms with Crippen LogP contribution in [0.5, 0.6) is 0 Å². The van der Waals surface area contributed by atoms with Crippen molar-refractivity contribution in [2.45, 2.75) is 31.8 Å². The lowest BCUT2D eigenvalue weighted by atomic mass is 9.91. The molecule has 1 fully saturated rings. The second-order valence-corrected chi connectivity index (χ2v) is 7.66. The number of rotatable bonds is 6. The average molecular weight is 382 g/mol. The van der Waals surface area contributed by atoms with E-state index in [-0.39, 0.29) is 5.78 Å². The third-order valence-electron chi connectivity index (χ3n) is 5.67. The second-order valence-electron chi connectivity index (χ2n) is 7.66. The fourth-order valence-corrected chi connectivity index (χ4v) is 4.18.